The Hall–Kier alpha value is -2.57. The molecule has 2 aromatic carbocycles. The Morgan fingerprint density at radius 3 is 2.65 bits per heavy atom. The van der Waals surface area contributed by atoms with Crippen LogP contribution in [0.4, 0.5) is 11.4 Å². The largest absolute Gasteiger partial charge is 0.493 e. The molecular weight excluding hydrogens is 337 g/mol. The van der Waals surface area contributed by atoms with E-state index in [0.29, 0.717) is 21.4 Å². The van der Waals surface area contributed by atoms with E-state index in [1.807, 2.05) is 24.3 Å². The number of rotatable bonds is 2. The van der Waals surface area contributed by atoms with Gasteiger partial charge in [0.25, 0.3) is 0 Å². The van der Waals surface area contributed by atoms with Gasteiger partial charge in [-0.15, -0.1) is 10.2 Å². The molecule has 8 heteroatoms. The Morgan fingerprint density at radius 2 is 1.87 bits per heavy atom. The number of nitrogens with zero attached hydrogens (tertiary/aromatic N) is 3. The maximum Gasteiger partial charge on any atom is 0.240 e. The van der Waals surface area contributed by atoms with Gasteiger partial charge in [-0.3, -0.25) is 0 Å². The summed E-state index contributed by atoms with van der Waals surface area (Å²) in [5, 5.41) is 19.2. The fourth-order valence-corrected chi connectivity index (χ4v) is 2.32. The minimum atomic E-state index is -0.0858. The van der Waals surface area contributed by atoms with Gasteiger partial charge < -0.3 is 15.8 Å². The van der Waals surface area contributed by atoms with Crippen LogP contribution in [-0.2, 0) is 0 Å². The van der Waals surface area contributed by atoms with Gasteiger partial charge in [-0.2, -0.15) is 0 Å². The number of fused-ring (bicyclic) bond motifs is 1. The van der Waals surface area contributed by atoms with E-state index in [2.05, 4.69) is 20.2 Å². The second-order valence-electron chi connectivity index (χ2n) is 4.64. The molecule has 0 saturated heterocycles. The molecule has 0 fully saturated rings. The van der Waals surface area contributed by atoms with Crippen molar-refractivity contribution >= 4 is 51.4 Å². The van der Waals surface area contributed by atoms with Crippen LogP contribution >= 0.6 is 23.2 Å². The molecule has 1 aromatic heterocycles. The Kier molecular flexibility index (Phi) is 4.18. The molecule has 0 spiro atoms. The van der Waals surface area contributed by atoms with Gasteiger partial charge in [-0.1, -0.05) is 41.4 Å². The van der Waals surface area contributed by atoms with Gasteiger partial charge in [-0.25, -0.2) is 4.99 Å². The zero-order valence-corrected chi connectivity index (χ0v) is 13.2. The smallest absolute Gasteiger partial charge is 0.240 e. The number of aliphatic imine (C=N–C) groups is 1. The lowest BCUT2D eigenvalue weighted by Crippen LogP contribution is -2.06. The van der Waals surface area contributed by atoms with E-state index in [4.69, 9.17) is 28.9 Å². The Morgan fingerprint density at radius 1 is 1.09 bits per heavy atom. The number of H-pyrrole nitrogens is 1. The van der Waals surface area contributed by atoms with Crippen LogP contribution in [0.15, 0.2) is 57.7 Å². The molecule has 23 heavy (non-hydrogen) atoms. The van der Waals surface area contributed by atoms with E-state index in [9.17, 15) is 5.11 Å². The van der Waals surface area contributed by atoms with Gasteiger partial charge in [0.2, 0.25) is 11.8 Å². The number of para-hydroxylation sites is 1. The molecule has 3 rings (SSSR count). The van der Waals surface area contributed by atoms with Gasteiger partial charge >= 0.3 is 0 Å². The summed E-state index contributed by atoms with van der Waals surface area (Å²) in [6, 6.07) is 12.1. The first-order valence-corrected chi connectivity index (χ1v) is 7.31. The molecule has 0 unspecified atom stereocenters. The van der Waals surface area contributed by atoms with E-state index in [1.54, 1.807) is 18.2 Å². The zero-order valence-electron chi connectivity index (χ0n) is 11.7. The summed E-state index contributed by atoms with van der Waals surface area (Å²) in [6.07, 6.45) is 0. The molecule has 0 atom stereocenters. The van der Waals surface area contributed by atoms with Crippen molar-refractivity contribution in [1.29, 1.82) is 0 Å². The number of halogens is 2. The van der Waals surface area contributed by atoms with Crippen molar-refractivity contribution in [2.24, 2.45) is 21.0 Å². The first-order chi connectivity index (χ1) is 11.0. The predicted molar refractivity (Wildman–Crippen MR) is 92.2 cm³/mol. The lowest BCUT2D eigenvalue weighted by Gasteiger charge is -1.98. The van der Waals surface area contributed by atoms with E-state index in [-0.39, 0.29) is 11.8 Å². The lowest BCUT2D eigenvalue weighted by atomic mass is 10.2. The fraction of sp³-hybridized carbons (Fsp3) is 0. The minimum absolute atomic E-state index is 0.0759. The molecule has 0 aliphatic rings. The molecule has 0 saturated carbocycles. The zero-order chi connectivity index (χ0) is 16.4. The number of aromatic amines is 1. The predicted octanol–water partition coefficient (Wildman–Crippen LogP) is 4.91. The van der Waals surface area contributed by atoms with Crippen molar-refractivity contribution in [3.8, 4) is 5.88 Å². The van der Waals surface area contributed by atoms with Crippen molar-refractivity contribution in [3.05, 3.63) is 52.5 Å². The summed E-state index contributed by atoms with van der Waals surface area (Å²) in [4.78, 5) is 6.87. The first-order valence-electron chi connectivity index (χ1n) is 6.55. The monoisotopic (exact) mass is 347 g/mol. The molecule has 0 aliphatic carbocycles. The van der Waals surface area contributed by atoms with E-state index < -0.39 is 0 Å². The summed E-state index contributed by atoms with van der Waals surface area (Å²) in [5.41, 5.74) is 7.27. The second kappa shape index (κ2) is 6.28. The number of benzene rings is 2. The summed E-state index contributed by atoms with van der Waals surface area (Å²) in [7, 11) is 0. The van der Waals surface area contributed by atoms with Gasteiger partial charge in [0.15, 0.2) is 5.69 Å². The van der Waals surface area contributed by atoms with E-state index >= 15 is 0 Å². The van der Waals surface area contributed by atoms with Gasteiger partial charge in [0.05, 0.1) is 21.2 Å². The number of hydrogen-bond acceptors (Lipinski definition) is 3. The van der Waals surface area contributed by atoms with Gasteiger partial charge in [0, 0.05) is 5.39 Å². The number of azo groups is 1. The Bertz CT molecular complexity index is 933. The fourth-order valence-electron chi connectivity index (χ4n) is 2.02. The topological polar surface area (TPSA) is 99.1 Å². The maximum absolute atomic E-state index is 9.88. The molecule has 3 aromatic rings. The quantitative estimate of drug-likeness (QED) is 0.348. The molecule has 0 radical (unpaired) electrons. The second-order valence-corrected chi connectivity index (χ2v) is 5.45. The summed E-state index contributed by atoms with van der Waals surface area (Å²) in [5.74, 6) is -0.162. The van der Waals surface area contributed by atoms with Crippen LogP contribution in [0.2, 0.25) is 10.0 Å². The number of aromatic hydroxyl groups is 1. The van der Waals surface area contributed by atoms with Crippen LogP contribution in [0.1, 0.15) is 0 Å². The molecule has 116 valence electrons. The van der Waals surface area contributed by atoms with Crippen molar-refractivity contribution in [2.45, 2.75) is 0 Å². The van der Waals surface area contributed by atoms with Gasteiger partial charge in [-0.05, 0) is 24.3 Å². The average Bonchev–Trinajstić information content (AvgIpc) is 2.84. The third-order valence-corrected chi connectivity index (χ3v) is 3.80. The lowest BCUT2D eigenvalue weighted by molar-refractivity contribution is 0.459. The van der Waals surface area contributed by atoms with Crippen molar-refractivity contribution < 1.29 is 5.11 Å². The highest BCUT2D eigenvalue weighted by Gasteiger charge is 2.09. The van der Waals surface area contributed by atoms with Crippen LogP contribution in [0, 0.1) is 0 Å². The van der Waals surface area contributed by atoms with Crippen LogP contribution in [0.25, 0.3) is 10.9 Å². The maximum atomic E-state index is 9.88. The van der Waals surface area contributed by atoms with Crippen LogP contribution in [0.5, 0.6) is 5.88 Å². The third kappa shape index (κ3) is 3.28. The molecule has 0 bridgehead atoms. The number of guanidine groups is 1. The standard InChI is InChI=1S/C15H11Cl2N5O/c16-10-6-5-8(7-11(10)17)19-15(18)22-21-13-9-3-1-2-4-12(9)20-14(13)23/h1-7,20,23H,(H2,18,19). The summed E-state index contributed by atoms with van der Waals surface area (Å²) in [6.45, 7) is 0. The number of nitrogens with one attached hydrogen (secondary N) is 1. The summed E-state index contributed by atoms with van der Waals surface area (Å²) >= 11 is 11.7. The molecule has 0 amide bonds. The third-order valence-electron chi connectivity index (χ3n) is 3.06. The molecular formula is C15H11Cl2N5O. The molecule has 1 heterocycles. The van der Waals surface area contributed by atoms with Crippen LogP contribution in [-0.4, -0.2) is 16.1 Å². The average molecular weight is 348 g/mol. The minimum Gasteiger partial charge on any atom is -0.493 e. The molecule has 0 aliphatic heterocycles. The highest BCUT2D eigenvalue weighted by molar-refractivity contribution is 6.42. The normalized spacial score (nSPS) is 12.3. The first kappa shape index (κ1) is 15.3. The Balaban J connectivity index is 1.90. The van der Waals surface area contributed by atoms with E-state index in [0.717, 1.165) is 10.9 Å². The number of nitrogens with two attached hydrogens (primary N) is 1. The van der Waals surface area contributed by atoms with Crippen LogP contribution < -0.4 is 5.73 Å². The molecule has 6 nitrogen and oxygen atoms in total. The molecule has 4 N–H and O–H groups in total. The highest BCUT2D eigenvalue weighted by atomic mass is 35.5. The van der Waals surface area contributed by atoms with Crippen molar-refractivity contribution in [2.75, 3.05) is 0 Å². The van der Waals surface area contributed by atoms with E-state index in [1.165, 1.54) is 0 Å². The van der Waals surface area contributed by atoms with Crippen molar-refractivity contribution in [1.82, 2.24) is 4.98 Å². The van der Waals surface area contributed by atoms with Crippen molar-refractivity contribution in [3.63, 3.8) is 0 Å². The number of hydrogen-bond donors (Lipinski definition) is 3. The SMILES string of the molecule is NC(N=Nc1c(O)[nH]c2ccccc12)=Nc1ccc(Cl)c(Cl)c1. The number of aromatic nitrogens is 1. The van der Waals surface area contributed by atoms with Crippen LogP contribution in [0.3, 0.4) is 0 Å². The summed E-state index contributed by atoms with van der Waals surface area (Å²) < 4.78 is 0. The highest BCUT2D eigenvalue weighted by Crippen LogP contribution is 2.35. The van der Waals surface area contributed by atoms with Gasteiger partial charge in [0.1, 0.15) is 0 Å². The Labute approximate surface area is 141 Å².